The molecule has 0 radical (unpaired) electrons. The number of rotatable bonds is 9. The van der Waals surface area contributed by atoms with Crippen LogP contribution in [0.15, 0.2) is 30.7 Å². The predicted octanol–water partition coefficient (Wildman–Crippen LogP) is 4.78. The molecule has 2 rings (SSSR count). The zero-order chi connectivity index (χ0) is 19.9. The minimum Gasteiger partial charge on any atom is -0.327 e. The van der Waals surface area contributed by atoms with E-state index in [1.54, 1.807) is 34.2 Å². The highest BCUT2D eigenvalue weighted by Crippen LogP contribution is 2.27. The number of halogens is 4. The van der Waals surface area contributed by atoms with E-state index in [1.165, 1.54) is 18.0 Å². The van der Waals surface area contributed by atoms with Crippen LogP contribution in [0.2, 0.25) is 5.15 Å². The van der Waals surface area contributed by atoms with E-state index in [9.17, 15) is 13.2 Å². The van der Waals surface area contributed by atoms with Crippen molar-refractivity contribution in [2.24, 2.45) is 0 Å². The van der Waals surface area contributed by atoms with Gasteiger partial charge in [-0.3, -0.25) is 4.98 Å². The molecule has 0 fully saturated rings. The highest BCUT2D eigenvalue weighted by Gasteiger charge is 2.26. The molecule has 0 saturated heterocycles. The molecule has 146 valence electrons. The van der Waals surface area contributed by atoms with Crippen LogP contribution in [0.3, 0.4) is 0 Å². The summed E-state index contributed by atoms with van der Waals surface area (Å²) in [6.07, 6.45) is 1.57. The summed E-state index contributed by atoms with van der Waals surface area (Å²) < 4.78 is 38.1. The first kappa shape index (κ1) is 21.6. The van der Waals surface area contributed by atoms with Crippen LogP contribution in [0.5, 0.6) is 0 Å². The molecule has 0 bridgehead atoms. The Morgan fingerprint density at radius 1 is 1.41 bits per heavy atom. The molecule has 27 heavy (non-hydrogen) atoms. The maximum atomic E-state index is 12.2. The second-order valence-corrected chi connectivity index (χ2v) is 7.45. The molecule has 2 aromatic rings. The fourth-order valence-corrected chi connectivity index (χ4v) is 3.71. The summed E-state index contributed by atoms with van der Waals surface area (Å²) in [6.45, 7) is 0.199. The molecule has 1 N–H and O–H groups in total. The first-order valence-corrected chi connectivity index (χ1v) is 9.85. The Balaban J connectivity index is 2.03. The van der Waals surface area contributed by atoms with Crippen molar-refractivity contribution < 1.29 is 13.2 Å². The van der Waals surface area contributed by atoms with Crippen molar-refractivity contribution in [1.82, 2.24) is 14.8 Å². The molecule has 0 atom stereocenters. The van der Waals surface area contributed by atoms with Gasteiger partial charge < -0.3 is 10.3 Å². The molecule has 0 aliphatic rings. The molecule has 0 aromatic carbocycles. The average Bonchev–Trinajstić information content (AvgIpc) is 3.00. The van der Waals surface area contributed by atoms with Crippen molar-refractivity contribution in [3.63, 3.8) is 0 Å². The normalized spacial score (nSPS) is 11.4. The zero-order valence-corrected chi connectivity index (χ0v) is 16.5. The lowest BCUT2D eigenvalue weighted by Gasteiger charge is -2.22. The van der Waals surface area contributed by atoms with Crippen molar-refractivity contribution in [1.29, 1.82) is 5.41 Å². The monoisotopic (exact) mass is 435 g/mol. The standard InChI is InChI=1S/C16H17ClF3N5S2/c17-15-13(11-25(23-15)12-2-1-6-22-10-12)24(7-5-21)14(26)3-8-27-9-4-16(18,19)20/h1-2,5-6,10-11,21H,3-4,7-9H2. The minimum atomic E-state index is -4.14. The number of anilines is 1. The fraction of sp³-hybridized carbons (Fsp3) is 0.375. The van der Waals surface area contributed by atoms with E-state index in [-0.39, 0.29) is 17.5 Å². The number of pyridine rings is 1. The maximum Gasteiger partial charge on any atom is 0.389 e. The van der Waals surface area contributed by atoms with Gasteiger partial charge in [-0.05, 0) is 17.9 Å². The first-order chi connectivity index (χ1) is 12.8. The summed E-state index contributed by atoms with van der Waals surface area (Å²) in [7, 11) is 0. The van der Waals surface area contributed by atoms with Gasteiger partial charge in [0.05, 0.1) is 36.0 Å². The Labute approximate surface area is 169 Å². The SMILES string of the molecule is N=CCN(C(=S)CCSCCC(F)(F)F)c1cn(-c2cccnc2)nc1Cl. The Hall–Kier alpha value is -1.65. The van der Waals surface area contributed by atoms with Crippen molar-refractivity contribution in [2.75, 3.05) is 23.0 Å². The molecule has 11 heteroatoms. The van der Waals surface area contributed by atoms with Crippen molar-refractivity contribution in [3.05, 3.63) is 35.9 Å². The van der Waals surface area contributed by atoms with E-state index in [0.29, 0.717) is 28.5 Å². The van der Waals surface area contributed by atoms with Gasteiger partial charge in [-0.15, -0.1) is 0 Å². The molecule has 5 nitrogen and oxygen atoms in total. The molecule has 0 unspecified atom stereocenters. The van der Waals surface area contributed by atoms with E-state index >= 15 is 0 Å². The summed E-state index contributed by atoms with van der Waals surface area (Å²) >= 11 is 12.8. The number of nitrogens with zero attached hydrogens (tertiary/aromatic N) is 4. The van der Waals surface area contributed by atoms with Gasteiger partial charge in [0.15, 0.2) is 5.15 Å². The fourth-order valence-electron chi connectivity index (χ4n) is 2.16. The lowest BCUT2D eigenvalue weighted by Crippen LogP contribution is -2.31. The smallest absolute Gasteiger partial charge is 0.327 e. The first-order valence-electron chi connectivity index (χ1n) is 7.91. The Morgan fingerprint density at radius 3 is 2.81 bits per heavy atom. The topological polar surface area (TPSA) is 57.8 Å². The van der Waals surface area contributed by atoms with Gasteiger partial charge in [0.25, 0.3) is 0 Å². The van der Waals surface area contributed by atoms with E-state index in [0.717, 1.165) is 0 Å². The van der Waals surface area contributed by atoms with Gasteiger partial charge in [-0.25, -0.2) is 4.68 Å². The Morgan fingerprint density at radius 2 is 2.19 bits per heavy atom. The molecular formula is C16H17ClF3N5S2. The van der Waals surface area contributed by atoms with Crippen molar-refractivity contribution >= 4 is 52.5 Å². The molecule has 0 aliphatic heterocycles. The predicted molar refractivity (Wildman–Crippen MR) is 108 cm³/mol. The quantitative estimate of drug-likeness (QED) is 0.349. The number of alkyl halides is 3. The van der Waals surface area contributed by atoms with E-state index in [1.807, 2.05) is 6.07 Å². The number of aromatic nitrogens is 3. The van der Waals surface area contributed by atoms with Gasteiger partial charge in [0.2, 0.25) is 0 Å². The maximum absolute atomic E-state index is 12.2. The lowest BCUT2D eigenvalue weighted by atomic mass is 10.3. The van der Waals surface area contributed by atoms with Crippen LogP contribution in [0.1, 0.15) is 12.8 Å². The van der Waals surface area contributed by atoms with Gasteiger partial charge in [0, 0.05) is 24.6 Å². The minimum absolute atomic E-state index is 0.00359. The summed E-state index contributed by atoms with van der Waals surface area (Å²) in [5.41, 5.74) is 1.25. The summed E-state index contributed by atoms with van der Waals surface area (Å²) in [4.78, 5) is 6.18. The third-order valence-electron chi connectivity index (χ3n) is 3.42. The number of hydrogen-bond donors (Lipinski definition) is 1. The molecule has 0 saturated carbocycles. The van der Waals surface area contributed by atoms with Crippen LogP contribution >= 0.6 is 35.6 Å². The van der Waals surface area contributed by atoms with Crippen molar-refractivity contribution in [3.8, 4) is 5.69 Å². The Bertz CT molecular complexity index is 767. The van der Waals surface area contributed by atoms with Gasteiger partial charge in [-0.2, -0.15) is 30.0 Å². The largest absolute Gasteiger partial charge is 0.389 e. The van der Waals surface area contributed by atoms with E-state index in [4.69, 9.17) is 29.2 Å². The molecule has 0 aliphatic carbocycles. The number of thioether (sulfide) groups is 1. The van der Waals surface area contributed by atoms with Crippen molar-refractivity contribution in [2.45, 2.75) is 19.0 Å². The van der Waals surface area contributed by atoms with E-state index in [2.05, 4.69) is 10.1 Å². The molecule has 0 spiro atoms. The third-order valence-corrected chi connectivity index (χ3v) is 5.10. The highest BCUT2D eigenvalue weighted by atomic mass is 35.5. The molecular weight excluding hydrogens is 419 g/mol. The van der Waals surface area contributed by atoms with Crippen LogP contribution in [-0.4, -0.2) is 50.2 Å². The zero-order valence-electron chi connectivity index (χ0n) is 14.1. The second kappa shape index (κ2) is 10.0. The number of nitrogens with one attached hydrogen (secondary N) is 1. The highest BCUT2D eigenvalue weighted by molar-refractivity contribution is 7.99. The second-order valence-electron chi connectivity index (χ2n) is 5.40. The summed E-state index contributed by atoms with van der Waals surface area (Å²) in [5.74, 6) is 0.453. The van der Waals surface area contributed by atoms with Crippen LogP contribution in [0, 0.1) is 5.41 Å². The van der Waals surface area contributed by atoms with Gasteiger partial charge in [-0.1, -0.05) is 23.8 Å². The number of hydrogen-bond acceptors (Lipinski definition) is 5. The van der Waals surface area contributed by atoms with Gasteiger partial charge >= 0.3 is 6.18 Å². The average molecular weight is 436 g/mol. The molecule has 0 amide bonds. The Kier molecular flexibility index (Phi) is 8.06. The third kappa shape index (κ3) is 6.78. The summed E-state index contributed by atoms with van der Waals surface area (Å²) in [6, 6.07) is 3.58. The number of thiocarbonyl (C=S) groups is 1. The lowest BCUT2D eigenvalue weighted by molar-refractivity contribution is -0.129. The molecule has 2 aromatic heterocycles. The van der Waals surface area contributed by atoms with Crippen LogP contribution in [-0.2, 0) is 0 Å². The van der Waals surface area contributed by atoms with Crippen LogP contribution in [0.25, 0.3) is 5.69 Å². The molecule has 2 heterocycles. The van der Waals surface area contributed by atoms with Gasteiger partial charge in [0.1, 0.15) is 5.69 Å². The summed E-state index contributed by atoms with van der Waals surface area (Å²) in [5, 5.41) is 11.8. The van der Waals surface area contributed by atoms with E-state index < -0.39 is 12.6 Å². The van der Waals surface area contributed by atoms with Crippen LogP contribution in [0.4, 0.5) is 18.9 Å². The van der Waals surface area contributed by atoms with Crippen LogP contribution < -0.4 is 4.90 Å².